The highest BCUT2D eigenvalue weighted by Crippen LogP contribution is 2.31. The van der Waals surface area contributed by atoms with Crippen LogP contribution in [0.1, 0.15) is 36.4 Å². The molecule has 2 heterocycles. The van der Waals surface area contributed by atoms with Gasteiger partial charge in [-0.25, -0.2) is 0 Å². The van der Waals surface area contributed by atoms with E-state index < -0.39 is 0 Å². The normalized spacial score (nSPS) is 18.7. The molecule has 122 valence electrons. The van der Waals surface area contributed by atoms with Gasteiger partial charge in [-0.15, -0.1) is 0 Å². The number of nitrogens with one attached hydrogen (secondary N) is 2. The van der Waals surface area contributed by atoms with Gasteiger partial charge in [0.1, 0.15) is 5.75 Å². The third kappa shape index (κ3) is 3.85. The topological polar surface area (TPSA) is 45.7 Å². The number of rotatable bonds is 4. The summed E-state index contributed by atoms with van der Waals surface area (Å²) in [7, 11) is 1.82. The van der Waals surface area contributed by atoms with E-state index in [0.717, 1.165) is 31.3 Å². The molecule has 5 heteroatoms. The van der Waals surface area contributed by atoms with Gasteiger partial charge in [-0.3, -0.25) is 4.99 Å². The van der Waals surface area contributed by atoms with E-state index in [2.05, 4.69) is 51.5 Å². The Morgan fingerprint density at radius 1 is 1.39 bits per heavy atom. The number of fused-ring (bicyclic) bond motifs is 1. The van der Waals surface area contributed by atoms with Crippen LogP contribution in [0.25, 0.3) is 0 Å². The molecule has 1 aromatic carbocycles. The Morgan fingerprint density at radius 3 is 3.04 bits per heavy atom. The number of hydrogen-bond donors (Lipinski definition) is 2. The molecule has 0 saturated heterocycles. The zero-order valence-electron chi connectivity index (χ0n) is 13.6. The summed E-state index contributed by atoms with van der Waals surface area (Å²) < 4.78 is 5.72. The molecule has 0 fully saturated rings. The molecule has 0 radical (unpaired) electrons. The predicted molar refractivity (Wildman–Crippen MR) is 96.5 cm³/mol. The zero-order chi connectivity index (χ0) is 16.1. The molecule has 2 unspecified atom stereocenters. The fraction of sp³-hybridized carbons (Fsp3) is 0.389. The van der Waals surface area contributed by atoms with Crippen molar-refractivity contribution in [3.05, 3.63) is 52.2 Å². The van der Waals surface area contributed by atoms with Crippen molar-refractivity contribution in [2.75, 3.05) is 20.2 Å². The second-order valence-electron chi connectivity index (χ2n) is 5.78. The average molecular weight is 329 g/mol. The SMILES string of the molecule is CN=C(NCC(C)c1ccsc1)NC1CCOc2ccccc21. The van der Waals surface area contributed by atoms with Gasteiger partial charge in [-0.1, -0.05) is 25.1 Å². The first-order valence-corrected chi connectivity index (χ1v) is 8.93. The van der Waals surface area contributed by atoms with Crippen LogP contribution in [0.4, 0.5) is 0 Å². The van der Waals surface area contributed by atoms with Crippen molar-refractivity contribution in [1.82, 2.24) is 10.6 Å². The molecule has 0 saturated carbocycles. The maximum atomic E-state index is 5.72. The molecule has 1 aromatic heterocycles. The zero-order valence-corrected chi connectivity index (χ0v) is 14.4. The fourth-order valence-corrected chi connectivity index (χ4v) is 3.56. The Balaban J connectivity index is 1.60. The van der Waals surface area contributed by atoms with Crippen LogP contribution in [0.5, 0.6) is 5.75 Å². The van der Waals surface area contributed by atoms with E-state index in [4.69, 9.17) is 4.74 Å². The van der Waals surface area contributed by atoms with Gasteiger partial charge in [0.15, 0.2) is 5.96 Å². The molecule has 4 nitrogen and oxygen atoms in total. The minimum atomic E-state index is 0.239. The first kappa shape index (κ1) is 15.9. The molecule has 2 atom stereocenters. The molecule has 2 aromatic rings. The first-order valence-electron chi connectivity index (χ1n) is 7.99. The van der Waals surface area contributed by atoms with Gasteiger partial charge in [-0.2, -0.15) is 11.3 Å². The summed E-state index contributed by atoms with van der Waals surface area (Å²) in [6, 6.07) is 10.6. The number of thiophene rings is 1. The van der Waals surface area contributed by atoms with E-state index in [0.29, 0.717) is 5.92 Å². The minimum Gasteiger partial charge on any atom is -0.493 e. The number of aliphatic imine (C=N–C) groups is 1. The Hall–Kier alpha value is -2.01. The quantitative estimate of drug-likeness (QED) is 0.666. The molecule has 23 heavy (non-hydrogen) atoms. The lowest BCUT2D eigenvalue weighted by molar-refractivity contribution is 0.261. The first-order chi connectivity index (χ1) is 11.3. The minimum absolute atomic E-state index is 0.239. The number of ether oxygens (including phenoxy) is 1. The van der Waals surface area contributed by atoms with Crippen molar-refractivity contribution in [3.8, 4) is 5.75 Å². The molecule has 0 amide bonds. The summed E-state index contributed by atoms with van der Waals surface area (Å²) >= 11 is 1.74. The van der Waals surface area contributed by atoms with Gasteiger partial charge in [0.2, 0.25) is 0 Å². The molecule has 1 aliphatic rings. The standard InChI is InChI=1S/C18H23N3OS/c1-13(14-8-10-23-12-14)11-20-18(19-2)21-16-7-9-22-17-6-4-3-5-15(16)17/h3-6,8,10,12-13,16H,7,9,11H2,1-2H3,(H2,19,20,21). The molecular formula is C18H23N3OS. The highest BCUT2D eigenvalue weighted by Gasteiger charge is 2.21. The van der Waals surface area contributed by atoms with Gasteiger partial charge >= 0.3 is 0 Å². The second kappa shape index (κ2) is 7.51. The largest absolute Gasteiger partial charge is 0.493 e. The Kier molecular flexibility index (Phi) is 5.18. The highest BCUT2D eigenvalue weighted by molar-refractivity contribution is 7.07. The number of nitrogens with zero attached hydrogens (tertiary/aromatic N) is 1. The van der Waals surface area contributed by atoms with E-state index >= 15 is 0 Å². The van der Waals surface area contributed by atoms with Gasteiger partial charge in [0.25, 0.3) is 0 Å². The Labute approximate surface area is 141 Å². The van der Waals surface area contributed by atoms with Crippen molar-refractivity contribution in [3.63, 3.8) is 0 Å². The molecule has 0 aliphatic carbocycles. The van der Waals surface area contributed by atoms with Crippen LogP contribution >= 0.6 is 11.3 Å². The third-order valence-electron chi connectivity index (χ3n) is 4.18. The summed E-state index contributed by atoms with van der Waals surface area (Å²) in [5, 5.41) is 11.3. The smallest absolute Gasteiger partial charge is 0.191 e. The second-order valence-corrected chi connectivity index (χ2v) is 6.56. The van der Waals surface area contributed by atoms with Crippen LogP contribution in [0.3, 0.4) is 0 Å². The monoisotopic (exact) mass is 329 g/mol. The lowest BCUT2D eigenvalue weighted by Gasteiger charge is -2.28. The van der Waals surface area contributed by atoms with E-state index in [1.165, 1.54) is 11.1 Å². The highest BCUT2D eigenvalue weighted by atomic mass is 32.1. The summed E-state index contributed by atoms with van der Waals surface area (Å²) in [5.74, 6) is 2.27. The maximum absolute atomic E-state index is 5.72. The van der Waals surface area contributed by atoms with Crippen LogP contribution in [-0.2, 0) is 0 Å². The summed E-state index contributed by atoms with van der Waals surface area (Å²) in [6.07, 6.45) is 0.942. The van der Waals surface area contributed by atoms with Crippen molar-refractivity contribution in [2.45, 2.75) is 25.3 Å². The molecule has 3 rings (SSSR count). The van der Waals surface area contributed by atoms with Gasteiger partial charge in [-0.05, 0) is 34.4 Å². The lowest BCUT2D eigenvalue weighted by atomic mass is 10.0. The summed E-state index contributed by atoms with van der Waals surface area (Å²) in [5.41, 5.74) is 2.57. The summed E-state index contributed by atoms with van der Waals surface area (Å²) in [4.78, 5) is 4.36. The Morgan fingerprint density at radius 2 is 2.26 bits per heavy atom. The molecule has 0 bridgehead atoms. The number of guanidine groups is 1. The molecule has 1 aliphatic heterocycles. The lowest BCUT2D eigenvalue weighted by Crippen LogP contribution is -2.42. The third-order valence-corrected chi connectivity index (χ3v) is 4.88. The number of hydrogen-bond acceptors (Lipinski definition) is 3. The van der Waals surface area contributed by atoms with Crippen molar-refractivity contribution in [2.24, 2.45) is 4.99 Å². The molecule has 0 spiro atoms. The van der Waals surface area contributed by atoms with Crippen molar-refractivity contribution in [1.29, 1.82) is 0 Å². The summed E-state index contributed by atoms with van der Waals surface area (Å²) in [6.45, 7) is 3.82. The molecular weight excluding hydrogens is 306 g/mol. The average Bonchev–Trinajstić information content (AvgIpc) is 3.13. The van der Waals surface area contributed by atoms with Crippen LogP contribution in [-0.4, -0.2) is 26.2 Å². The van der Waals surface area contributed by atoms with E-state index in [-0.39, 0.29) is 6.04 Å². The van der Waals surface area contributed by atoms with Crippen LogP contribution in [0.2, 0.25) is 0 Å². The van der Waals surface area contributed by atoms with E-state index in [9.17, 15) is 0 Å². The predicted octanol–water partition coefficient (Wildman–Crippen LogP) is 3.54. The maximum Gasteiger partial charge on any atom is 0.191 e. The van der Waals surface area contributed by atoms with Gasteiger partial charge in [0.05, 0.1) is 12.6 Å². The van der Waals surface area contributed by atoms with E-state index in [1.807, 2.05) is 19.2 Å². The van der Waals surface area contributed by atoms with Crippen molar-refractivity contribution >= 4 is 17.3 Å². The van der Waals surface area contributed by atoms with Crippen LogP contribution < -0.4 is 15.4 Å². The van der Waals surface area contributed by atoms with Gasteiger partial charge in [0, 0.05) is 25.6 Å². The van der Waals surface area contributed by atoms with Crippen molar-refractivity contribution < 1.29 is 4.74 Å². The molecule has 2 N–H and O–H groups in total. The van der Waals surface area contributed by atoms with Crippen LogP contribution in [0.15, 0.2) is 46.1 Å². The Bertz CT molecular complexity index is 654. The number of para-hydroxylation sites is 1. The van der Waals surface area contributed by atoms with E-state index in [1.54, 1.807) is 11.3 Å². The van der Waals surface area contributed by atoms with Gasteiger partial charge < -0.3 is 15.4 Å². The number of benzene rings is 1. The van der Waals surface area contributed by atoms with Crippen LogP contribution in [0, 0.1) is 0 Å². The fourth-order valence-electron chi connectivity index (χ4n) is 2.77.